The topological polar surface area (TPSA) is 53.2 Å². The molecule has 1 aromatic rings. The third-order valence-corrected chi connectivity index (χ3v) is 2.70. The average molecular weight is 203 g/mol. The molecule has 1 unspecified atom stereocenters. The first-order valence-electron chi connectivity index (χ1n) is 5.10. The van der Waals surface area contributed by atoms with Crippen molar-refractivity contribution in [3.05, 3.63) is 34.9 Å². The number of ether oxygens (including phenoxy) is 1. The zero-order chi connectivity index (χ0) is 10.7. The molecule has 0 fully saturated rings. The van der Waals surface area contributed by atoms with Crippen LogP contribution in [0.4, 0.5) is 0 Å². The highest BCUT2D eigenvalue weighted by Gasteiger charge is 2.20. The third kappa shape index (κ3) is 2.01. The summed E-state index contributed by atoms with van der Waals surface area (Å²) in [5.41, 5.74) is 2.99. The quantitative estimate of drug-likeness (QED) is 0.793. The SMILES string of the molecule is N#Cc1ccc2c(c1)CCOC2CCO. The molecule has 2 rings (SSSR count). The molecular weight excluding hydrogens is 190 g/mol. The van der Waals surface area contributed by atoms with Crippen LogP contribution in [0.2, 0.25) is 0 Å². The largest absolute Gasteiger partial charge is 0.396 e. The van der Waals surface area contributed by atoms with Gasteiger partial charge in [-0.3, -0.25) is 0 Å². The summed E-state index contributed by atoms with van der Waals surface area (Å²) in [6, 6.07) is 7.79. The van der Waals surface area contributed by atoms with Gasteiger partial charge in [-0.05, 0) is 29.7 Å². The molecule has 0 saturated heterocycles. The Morgan fingerprint density at radius 1 is 1.53 bits per heavy atom. The Morgan fingerprint density at radius 2 is 2.40 bits per heavy atom. The van der Waals surface area contributed by atoms with E-state index in [1.54, 1.807) is 6.07 Å². The van der Waals surface area contributed by atoms with E-state index >= 15 is 0 Å². The van der Waals surface area contributed by atoms with Crippen molar-refractivity contribution < 1.29 is 9.84 Å². The first kappa shape index (κ1) is 10.2. The van der Waals surface area contributed by atoms with Gasteiger partial charge in [-0.15, -0.1) is 0 Å². The standard InChI is InChI=1S/C12H13NO2/c13-8-9-1-2-11-10(7-9)4-6-15-12(11)3-5-14/h1-2,7,12,14H,3-6H2. The first-order chi connectivity index (χ1) is 7.35. The van der Waals surface area contributed by atoms with E-state index in [1.165, 1.54) is 5.56 Å². The van der Waals surface area contributed by atoms with E-state index < -0.39 is 0 Å². The molecule has 3 heteroatoms. The number of nitrogens with zero attached hydrogens (tertiary/aromatic N) is 1. The van der Waals surface area contributed by atoms with Gasteiger partial charge < -0.3 is 9.84 Å². The summed E-state index contributed by atoms with van der Waals surface area (Å²) < 4.78 is 5.58. The van der Waals surface area contributed by atoms with Crippen molar-refractivity contribution in [2.24, 2.45) is 0 Å². The molecule has 0 aromatic heterocycles. The van der Waals surface area contributed by atoms with Gasteiger partial charge in [0.05, 0.1) is 24.3 Å². The summed E-state index contributed by atoms with van der Waals surface area (Å²) in [5.74, 6) is 0. The van der Waals surface area contributed by atoms with Gasteiger partial charge >= 0.3 is 0 Å². The Morgan fingerprint density at radius 3 is 3.13 bits per heavy atom. The minimum absolute atomic E-state index is 0.00788. The number of fused-ring (bicyclic) bond motifs is 1. The molecule has 0 spiro atoms. The lowest BCUT2D eigenvalue weighted by Crippen LogP contribution is -2.17. The van der Waals surface area contributed by atoms with Gasteiger partial charge in [-0.25, -0.2) is 0 Å². The second kappa shape index (κ2) is 4.43. The summed E-state index contributed by atoms with van der Waals surface area (Å²) in [6.07, 6.45) is 1.47. The van der Waals surface area contributed by atoms with Gasteiger partial charge in [0.2, 0.25) is 0 Å². The van der Waals surface area contributed by atoms with Crippen LogP contribution in [-0.2, 0) is 11.2 Å². The number of aliphatic hydroxyl groups is 1. The fraction of sp³-hybridized carbons (Fsp3) is 0.417. The van der Waals surface area contributed by atoms with E-state index in [0.717, 1.165) is 12.0 Å². The monoisotopic (exact) mass is 203 g/mol. The van der Waals surface area contributed by atoms with Crippen LogP contribution in [0.1, 0.15) is 29.2 Å². The van der Waals surface area contributed by atoms with Gasteiger partial charge in [0.1, 0.15) is 0 Å². The van der Waals surface area contributed by atoms with Gasteiger partial charge in [-0.2, -0.15) is 5.26 Å². The molecule has 1 N–H and O–H groups in total. The summed E-state index contributed by atoms with van der Waals surface area (Å²) >= 11 is 0. The van der Waals surface area contributed by atoms with Crippen molar-refractivity contribution in [1.82, 2.24) is 0 Å². The number of hydrogen-bond donors (Lipinski definition) is 1. The van der Waals surface area contributed by atoms with Crippen molar-refractivity contribution >= 4 is 0 Å². The van der Waals surface area contributed by atoms with Crippen LogP contribution >= 0.6 is 0 Å². The van der Waals surface area contributed by atoms with Crippen LogP contribution in [0.5, 0.6) is 0 Å². The van der Waals surface area contributed by atoms with Crippen LogP contribution in [0.25, 0.3) is 0 Å². The van der Waals surface area contributed by atoms with Gasteiger partial charge in [0, 0.05) is 13.0 Å². The molecule has 0 amide bonds. The Kier molecular flexibility index (Phi) is 3.00. The molecule has 1 atom stereocenters. The minimum Gasteiger partial charge on any atom is -0.396 e. The molecule has 3 nitrogen and oxygen atoms in total. The van der Waals surface area contributed by atoms with Crippen molar-refractivity contribution in [2.75, 3.05) is 13.2 Å². The van der Waals surface area contributed by atoms with Crippen LogP contribution in [0.15, 0.2) is 18.2 Å². The maximum Gasteiger partial charge on any atom is 0.0991 e. The van der Waals surface area contributed by atoms with E-state index in [-0.39, 0.29) is 12.7 Å². The summed E-state index contributed by atoms with van der Waals surface area (Å²) in [6.45, 7) is 0.802. The summed E-state index contributed by atoms with van der Waals surface area (Å²) in [5, 5.41) is 17.7. The maximum absolute atomic E-state index is 8.91. The smallest absolute Gasteiger partial charge is 0.0991 e. The fourth-order valence-corrected chi connectivity index (χ4v) is 1.96. The lowest BCUT2D eigenvalue weighted by molar-refractivity contribution is 0.0253. The molecule has 0 radical (unpaired) electrons. The van der Waals surface area contributed by atoms with Crippen LogP contribution in [0.3, 0.4) is 0 Å². The molecule has 15 heavy (non-hydrogen) atoms. The highest BCUT2D eigenvalue weighted by atomic mass is 16.5. The first-order valence-corrected chi connectivity index (χ1v) is 5.10. The van der Waals surface area contributed by atoms with Crippen LogP contribution < -0.4 is 0 Å². The number of rotatable bonds is 2. The second-order valence-electron chi connectivity index (χ2n) is 3.65. The Balaban J connectivity index is 2.33. The fourth-order valence-electron chi connectivity index (χ4n) is 1.96. The molecule has 1 aliphatic heterocycles. The molecule has 1 heterocycles. The number of aliphatic hydroxyl groups excluding tert-OH is 1. The molecule has 78 valence electrons. The Bertz CT molecular complexity index is 395. The van der Waals surface area contributed by atoms with Crippen molar-refractivity contribution in [2.45, 2.75) is 18.9 Å². The Labute approximate surface area is 88.9 Å². The van der Waals surface area contributed by atoms with Crippen LogP contribution in [-0.4, -0.2) is 18.3 Å². The van der Waals surface area contributed by atoms with E-state index in [9.17, 15) is 0 Å². The normalized spacial score (nSPS) is 19.3. The molecule has 1 aromatic carbocycles. The molecular formula is C12H13NO2. The molecule has 0 bridgehead atoms. The van der Waals surface area contributed by atoms with E-state index in [2.05, 4.69) is 6.07 Å². The lowest BCUT2D eigenvalue weighted by atomic mass is 9.94. The Hall–Kier alpha value is -1.37. The predicted molar refractivity (Wildman–Crippen MR) is 55.3 cm³/mol. The molecule has 1 aliphatic rings. The maximum atomic E-state index is 8.91. The lowest BCUT2D eigenvalue weighted by Gasteiger charge is -2.25. The molecule has 0 saturated carbocycles. The van der Waals surface area contributed by atoms with Crippen molar-refractivity contribution in [1.29, 1.82) is 5.26 Å². The zero-order valence-corrected chi connectivity index (χ0v) is 8.44. The van der Waals surface area contributed by atoms with Gasteiger partial charge in [-0.1, -0.05) is 6.07 Å². The number of hydrogen-bond acceptors (Lipinski definition) is 3. The highest BCUT2D eigenvalue weighted by Crippen LogP contribution is 2.29. The van der Waals surface area contributed by atoms with Crippen molar-refractivity contribution in [3.63, 3.8) is 0 Å². The second-order valence-corrected chi connectivity index (χ2v) is 3.65. The third-order valence-electron chi connectivity index (χ3n) is 2.70. The zero-order valence-electron chi connectivity index (χ0n) is 8.44. The van der Waals surface area contributed by atoms with E-state index in [4.69, 9.17) is 15.1 Å². The number of nitriles is 1. The number of benzene rings is 1. The molecule has 0 aliphatic carbocycles. The predicted octanol–water partition coefficient (Wildman–Crippen LogP) is 1.55. The van der Waals surface area contributed by atoms with E-state index in [0.29, 0.717) is 18.6 Å². The minimum atomic E-state index is -0.00788. The van der Waals surface area contributed by atoms with Crippen molar-refractivity contribution in [3.8, 4) is 6.07 Å². The summed E-state index contributed by atoms with van der Waals surface area (Å²) in [7, 11) is 0. The van der Waals surface area contributed by atoms with Gasteiger partial charge in [0.25, 0.3) is 0 Å². The average Bonchev–Trinajstić information content (AvgIpc) is 2.29. The van der Waals surface area contributed by atoms with E-state index in [1.807, 2.05) is 12.1 Å². The van der Waals surface area contributed by atoms with Crippen LogP contribution in [0, 0.1) is 11.3 Å². The highest BCUT2D eigenvalue weighted by molar-refractivity contribution is 5.40. The summed E-state index contributed by atoms with van der Waals surface area (Å²) in [4.78, 5) is 0. The van der Waals surface area contributed by atoms with Gasteiger partial charge in [0.15, 0.2) is 0 Å².